The molecule has 1 saturated carbocycles. The molecule has 2 rings (SSSR count). The van der Waals surface area contributed by atoms with Gasteiger partial charge in [0.15, 0.2) is 5.75 Å². The van der Waals surface area contributed by atoms with E-state index < -0.39 is 0 Å². The Hall–Kier alpha value is -1.03. The van der Waals surface area contributed by atoms with Gasteiger partial charge in [-0.3, -0.25) is 4.68 Å². The van der Waals surface area contributed by atoms with E-state index in [2.05, 4.69) is 35.9 Å². The average molecular weight is 293 g/mol. The number of rotatable bonds is 8. The summed E-state index contributed by atoms with van der Waals surface area (Å²) in [6.07, 6.45) is 9.37. The maximum absolute atomic E-state index is 5.61. The molecule has 0 spiro atoms. The second-order valence-corrected chi connectivity index (χ2v) is 6.57. The number of hydrogen-bond acceptors (Lipinski definition) is 3. The van der Waals surface area contributed by atoms with Crippen molar-refractivity contribution < 1.29 is 4.74 Å². The molecule has 0 bridgehead atoms. The van der Waals surface area contributed by atoms with Gasteiger partial charge in [-0.2, -0.15) is 5.10 Å². The van der Waals surface area contributed by atoms with Crippen molar-refractivity contribution in [1.29, 1.82) is 0 Å². The molecular weight excluding hydrogens is 262 g/mol. The van der Waals surface area contributed by atoms with Crippen LogP contribution in [0.5, 0.6) is 5.75 Å². The fourth-order valence-electron chi connectivity index (χ4n) is 3.65. The molecule has 1 atom stereocenters. The molecule has 1 aromatic rings. The third kappa shape index (κ3) is 3.42. The lowest BCUT2D eigenvalue weighted by Crippen LogP contribution is -2.37. The summed E-state index contributed by atoms with van der Waals surface area (Å²) in [5.74, 6) is 0.935. The maximum Gasteiger partial charge on any atom is 0.161 e. The number of methoxy groups -OCH3 is 1. The molecule has 1 N–H and O–H groups in total. The molecule has 1 aliphatic rings. The van der Waals surface area contributed by atoms with E-state index in [4.69, 9.17) is 4.74 Å². The Labute approximate surface area is 129 Å². The predicted octanol–water partition coefficient (Wildman–Crippen LogP) is 3.92. The highest BCUT2D eigenvalue weighted by Gasteiger charge is 2.40. The van der Waals surface area contributed by atoms with E-state index in [0.29, 0.717) is 11.5 Å². The van der Waals surface area contributed by atoms with Crippen molar-refractivity contribution in [3.63, 3.8) is 0 Å². The minimum absolute atomic E-state index is 0.313. The largest absolute Gasteiger partial charge is 0.493 e. The van der Waals surface area contributed by atoms with Crippen molar-refractivity contribution in [2.75, 3.05) is 13.7 Å². The fourth-order valence-corrected chi connectivity index (χ4v) is 3.65. The molecule has 1 unspecified atom stereocenters. The van der Waals surface area contributed by atoms with E-state index in [0.717, 1.165) is 31.7 Å². The standard InChI is InChI=1S/C17H31N3O/c1-5-11-18-16(17(3)9-7-8-10-17)15-14(21-4)13-19-20(15)12-6-2/h13,16,18H,5-12H2,1-4H3. The molecule has 1 heterocycles. The summed E-state index contributed by atoms with van der Waals surface area (Å²) in [6.45, 7) is 8.85. The van der Waals surface area contributed by atoms with Gasteiger partial charge in [0.05, 0.1) is 25.0 Å². The molecule has 1 aliphatic carbocycles. The summed E-state index contributed by atoms with van der Waals surface area (Å²) in [6, 6.07) is 0.337. The van der Waals surface area contributed by atoms with Crippen LogP contribution in [0, 0.1) is 5.41 Å². The van der Waals surface area contributed by atoms with Crippen LogP contribution in [0.3, 0.4) is 0 Å². The van der Waals surface area contributed by atoms with Crippen LogP contribution < -0.4 is 10.1 Å². The van der Waals surface area contributed by atoms with E-state index >= 15 is 0 Å². The lowest BCUT2D eigenvalue weighted by molar-refractivity contribution is 0.207. The number of nitrogens with zero attached hydrogens (tertiary/aromatic N) is 2. The number of ether oxygens (including phenoxy) is 1. The maximum atomic E-state index is 5.61. The molecule has 0 saturated heterocycles. The van der Waals surface area contributed by atoms with Crippen LogP contribution in [-0.2, 0) is 6.54 Å². The smallest absolute Gasteiger partial charge is 0.161 e. The Balaban J connectivity index is 2.37. The van der Waals surface area contributed by atoms with Gasteiger partial charge in [-0.05, 0) is 37.6 Å². The van der Waals surface area contributed by atoms with Crippen LogP contribution in [0.1, 0.15) is 71.0 Å². The molecule has 120 valence electrons. The van der Waals surface area contributed by atoms with Gasteiger partial charge in [0.1, 0.15) is 0 Å². The van der Waals surface area contributed by atoms with Crippen molar-refractivity contribution in [3.8, 4) is 5.75 Å². The molecule has 4 nitrogen and oxygen atoms in total. The zero-order valence-electron chi connectivity index (χ0n) is 14.1. The highest BCUT2D eigenvalue weighted by Crippen LogP contribution is 2.48. The van der Waals surface area contributed by atoms with Gasteiger partial charge in [-0.25, -0.2) is 0 Å². The highest BCUT2D eigenvalue weighted by molar-refractivity contribution is 5.30. The molecule has 0 aromatic carbocycles. The molecule has 0 amide bonds. The third-order valence-corrected chi connectivity index (χ3v) is 4.81. The molecule has 1 fully saturated rings. The van der Waals surface area contributed by atoms with E-state index in [9.17, 15) is 0 Å². The van der Waals surface area contributed by atoms with E-state index in [1.807, 2.05) is 6.20 Å². The van der Waals surface area contributed by atoms with Gasteiger partial charge in [0.25, 0.3) is 0 Å². The Morgan fingerprint density at radius 1 is 1.33 bits per heavy atom. The van der Waals surface area contributed by atoms with Crippen molar-refractivity contribution >= 4 is 0 Å². The second kappa shape index (κ2) is 7.30. The first-order chi connectivity index (χ1) is 10.2. The molecular formula is C17H31N3O. The molecule has 0 radical (unpaired) electrons. The normalized spacial score (nSPS) is 18.9. The summed E-state index contributed by atoms with van der Waals surface area (Å²) >= 11 is 0. The molecule has 4 heteroatoms. The summed E-state index contributed by atoms with van der Waals surface area (Å²) in [5, 5.41) is 8.35. The van der Waals surface area contributed by atoms with E-state index in [-0.39, 0.29) is 0 Å². The van der Waals surface area contributed by atoms with E-state index in [1.54, 1.807) is 7.11 Å². The zero-order chi connectivity index (χ0) is 15.3. The van der Waals surface area contributed by atoms with Crippen LogP contribution in [0.2, 0.25) is 0 Å². The molecule has 1 aromatic heterocycles. The van der Waals surface area contributed by atoms with Gasteiger partial charge in [0.2, 0.25) is 0 Å². The topological polar surface area (TPSA) is 39.1 Å². The quantitative estimate of drug-likeness (QED) is 0.789. The Bertz CT molecular complexity index is 435. The first-order valence-corrected chi connectivity index (χ1v) is 8.49. The molecule has 0 aliphatic heterocycles. The summed E-state index contributed by atoms with van der Waals surface area (Å²) in [7, 11) is 1.75. The number of aromatic nitrogens is 2. The Morgan fingerprint density at radius 2 is 2.05 bits per heavy atom. The number of aryl methyl sites for hydroxylation is 1. The van der Waals surface area contributed by atoms with Crippen LogP contribution >= 0.6 is 0 Å². The van der Waals surface area contributed by atoms with Crippen LogP contribution in [0.15, 0.2) is 6.20 Å². The van der Waals surface area contributed by atoms with Crippen molar-refractivity contribution in [3.05, 3.63) is 11.9 Å². The van der Waals surface area contributed by atoms with Crippen LogP contribution in [0.25, 0.3) is 0 Å². The van der Waals surface area contributed by atoms with Gasteiger partial charge in [0, 0.05) is 6.54 Å². The predicted molar refractivity (Wildman–Crippen MR) is 86.7 cm³/mol. The van der Waals surface area contributed by atoms with Gasteiger partial charge >= 0.3 is 0 Å². The lowest BCUT2D eigenvalue weighted by atomic mass is 9.78. The van der Waals surface area contributed by atoms with Crippen molar-refractivity contribution in [2.45, 2.75) is 71.9 Å². The average Bonchev–Trinajstić information content (AvgIpc) is 3.08. The zero-order valence-corrected chi connectivity index (χ0v) is 14.1. The minimum Gasteiger partial charge on any atom is -0.493 e. The van der Waals surface area contributed by atoms with E-state index in [1.165, 1.54) is 31.4 Å². The fraction of sp³-hybridized carbons (Fsp3) is 0.824. The SMILES string of the molecule is CCCNC(c1c(OC)cnn1CCC)C1(C)CCCC1. The van der Waals surface area contributed by atoms with Gasteiger partial charge < -0.3 is 10.1 Å². The summed E-state index contributed by atoms with van der Waals surface area (Å²) < 4.78 is 7.76. The van der Waals surface area contributed by atoms with Gasteiger partial charge in [-0.1, -0.05) is 33.6 Å². The van der Waals surface area contributed by atoms with Crippen LogP contribution in [0.4, 0.5) is 0 Å². The first-order valence-electron chi connectivity index (χ1n) is 8.49. The van der Waals surface area contributed by atoms with Crippen molar-refractivity contribution in [2.24, 2.45) is 5.41 Å². The Morgan fingerprint density at radius 3 is 2.62 bits per heavy atom. The van der Waals surface area contributed by atoms with Crippen molar-refractivity contribution in [1.82, 2.24) is 15.1 Å². The number of nitrogens with one attached hydrogen (secondary N) is 1. The monoisotopic (exact) mass is 293 g/mol. The van der Waals surface area contributed by atoms with Gasteiger partial charge in [-0.15, -0.1) is 0 Å². The van der Waals surface area contributed by atoms with Crippen LogP contribution in [-0.4, -0.2) is 23.4 Å². The molecule has 21 heavy (non-hydrogen) atoms. The lowest BCUT2D eigenvalue weighted by Gasteiger charge is -2.35. The summed E-state index contributed by atoms with van der Waals surface area (Å²) in [5.41, 5.74) is 1.56. The minimum atomic E-state index is 0.313. The second-order valence-electron chi connectivity index (χ2n) is 6.57. The Kier molecular flexibility index (Phi) is 5.68. The highest BCUT2D eigenvalue weighted by atomic mass is 16.5. The number of hydrogen-bond donors (Lipinski definition) is 1. The first kappa shape index (κ1) is 16.3. The summed E-state index contributed by atoms with van der Waals surface area (Å²) in [4.78, 5) is 0. The third-order valence-electron chi connectivity index (χ3n) is 4.81.